The van der Waals surface area contributed by atoms with Crippen LogP contribution in [-0.4, -0.2) is 34.1 Å². The molecule has 0 amide bonds. The number of fused-ring (bicyclic) bond motifs is 1. The van der Waals surface area contributed by atoms with Crippen LogP contribution in [0.25, 0.3) is 16.5 Å². The van der Waals surface area contributed by atoms with Crippen molar-refractivity contribution in [3.05, 3.63) is 85.0 Å². The molecule has 4 rings (SSSR count). The third kappa shape index (κ3) is 4.47. The highest BCUT2D eigenvalue weighted by atomic mass is 35.5. The monoisotopic (exact) mass is 429 g/mol. The summed E-state index contributed by atoms with van der Waals surface area (Å²) in [5.41, 5.74) is 2.37. The minimum absolute atomic E-state index is 0.296. The van der Waals surface area contributed by atoms with E-state index in [-0.39, 0.29) is 11.2 Å². The predicted molar refractivity (Wildman–Crippen MR) is 119 cm³/mol. The van der Waals surface area contributed by atoms with Crippen molar-refractivity contribution in [2.24, 2.45) is 0 Å². The minimum atomic E-state index is -0.381. The molecule has 1 aliphatic rings. The van der Waals surface area contributed by atoms with Crippen LogP contribution in [0.2, 0.25) is 10.0 Å². The normalized spacial score (nSPS) is 14.9. The van der Waals surface area contributed by atoms with E-state index in [1.807, 2.05) is 12.1 Å². The first kappa shape index (κ1) is 20.0. The van der Waals surface area contributed by atoms with Gasteiger partial charge in [-0.05, 0) is 54.3 Å². The van der Waals surface area contributed by atoms with Crippen molar-refractivity contribution in [1.29, 1.82) is 0 Å². The highest BCUT2D eigenvalue weighted by Gasteiger charge is 2.14. The van der Waals surface area contributed by atoms with E-state index in [2.05, 4.69) is 28.1 Å². The van der Waals surface area contributed by atoms with Gasteiger partial charge in [-0.1, -0.05) is 41.4 Å². The Morgan fingerprint density at radius 1 is 0.966 bits per heavy atom. The molecular formula is C22H21Cl2N3O2. The molecule has 1 N–H and O–H groups in total. The Kier molecular flexibility index (Phi) is 5.90. The standard InChI is InChI=1S/C22H21Cl2N3O2/c23-17-4-2-15(3-5-17)16-8-12-26(13-9-16)10-1-11-27-21(28)19-14-18(24)6-7-20(19)25-22(27)29/h2-8,14H,1,9-13H2,(H,25,29). The number of benzene rings is 2. The molecule has 0 spiro atoms. The molecule has 1 aliphatic heterocycles. The van der Waals surface area contributed by atoms with Crippen LogP contribution in [0.1, 0.15) is 18.4 Å². The third-order valence-corrected chi connectivity index (χ3v) is 5.80. The number of rotatable bonds is 5. The fraction of sp³-hybridized carbons (Fsp3) is 0.273. The van der Waals surface area contributed by atoms with E-state index in [4.69, 9.17) is 23.2 Å². The zero-order chi connectivity index (χ0) is 20.4. The molecule has 2 aromatic carbocycles. The maximum Gasteiger partial charge on any atom is 0.328 e. The van der Waals surface area contributed by atoms with Crippen LogP contribution >= 0.6 is 23.2 Å². The Bertz CT molecular complexity index is 1180. The van der Waals surface area contributed by atoms with Gasteiger partial charge in [0.15, 0.2) is 0 Å². The van der Waals surface area contributed by atoms with Crippen LogP contribution in [0.15, 0.2) is 58.1 Å². The van der Waals surface area contributed by atoms with Gasteiger partial charge < -0.3 is 4.98 Å². The molecule has 0 atom stereocenters. The Labute approximate surface area is 178 Å². The van der Waals surface area contributed by atoms with Gasteiger partial charge in [-0.25, -0.2) is 4.79 Å². The van der Waals surface area contributed by atoms with Crippen molar-refractivity contribution >= 4 is 39.7 Å². The fourth-order valence-corrected chi connectivity index (χ4v) is 4.02. The fourth-order valence-electron chi connectivity index (χ4n) is 3.72. The summed E-state index contributed by atoms with van der Waals surface area (Å²) in [6.45, 7) is 3.01. The van der Waals surface area contributed by atoms with E-state index >= 15 is 0 Å². The number of nitrogens with one attached hydrogen (secondary N) is 1. The van der Waals surface area contributed by atoms with Crippen LogP contribution in [0, 0.1) is 0 Å². The number of nitrogens with zero attached hydrogens (tertiary/aromatic N) is 2. The Morgan fingerprint density at radius 2 is 1.72 bits per heavy atom. The van der Waals surface area contributed by atoms with Gasteiger partial charge in [0.1, 0.15) is 0 Å². The molecule has 0 saturated heterocycles. The average Bonchev–Trinajstić information content (AvgIpc) is 2.72. The molecule has 0 aliphatic carbocycles. The van der Waals surface area contributed by atoms with Gasteiger partial charge in [0, 0.05) is 36.2 Å². The smallest absolute Gasteiger partial charge is 0.307 e. The second kappa shape index (κ2) is 8.57. The molecule has 150 valence electrons. The van der Waals surface area contributed by atoms with Gasteiger partial charge in [-0.2, -0.15) is 0 Å². The summed E-state index contributed by atoms with van der Waals surface area (Å²) in [5.74, 6) is 0. The van der Waals surface area contributed by atoms with E-state index in [9.17, 15) is 9.59 Å². The van der Waals surface area contributed by atoms with Crippen molar-refractivity contribution in [2.45, 2.75) is 19.4 Å². The van der Waals surface area contributed by atoms with Crippen LogP contribution in [0.3, 0.4) is 0 Å². The highest BCUT2D eigenvalue weighted by molar-refractivity contribution is 6.31. The van der Waals surface area contributed by atoms with E-state index < -0.39 is 0 Å². The molecule has 29 heavy (non-hydrogen) atoms. The minimum Gasteiger partial charge on any atom is -0.307 e. The first-order valence-corrected chi connectivity index (χ1v) is 10.4. The largest absolute Gasteiger partial charge is 0.328 e. The Balaban J connectivity index is 1.39. The zero-order valence-electron chi connectivity index (χ0n) is 15.8. The third-order valence-electron chi connectivity index (χ3n) is 5.31. The maximum atomic E-state index is 12.7. The molecule has 0 fully saturated rings. The van der Waals surface area contributed by atoms with E-state index in [1.165, 1.54) is 15.7 Å². The summed E-state index contributed by atoms with van der Waals surface area (Å²) in [4.78, 5) is 30.0. The summed E-state index contributed by atoms with van der Waals surface area (Å²) in [6, 6.07) is 12.8. The number of aromatic nitrogens is 2. The lowest BCUT2D eigenvalue weighted by molar-refractivity contribution is 0.290. The molecular weight excluding hydrogens is 409 g/mol. The van der Waals surface area contributed by atoms with Crippen molar-refractivity contribution in [3.63, 3.8) is 0 Å². The van der Waals surface area contributed by atoms with Crippen LogP contribution in [0.4, 0.5) is 0 Å². The van der Waals surface area contributed by atoms with Crippen molar-refractivity contribution in [3.8, 4) is 0 Å². The molecule has 5 nitrogen and oxygen atoms in total. The summed E-state index contributed by atoms with van der Waals surface area (Å²) < 4.78 is 1.26. The first-order valence-electron chi connectivity index (χ1n) is 9.61. The van der Waals surface area contributed by atoms with Crippen LogP contribution in [0.5, 0.6) is 0 Å². The van der Waals surface area contributed by atoms with Gasteiger partial charge in [0.25, 0.3) is 5.56 Å². The number of hydrogen-bond acceptors (Lipinski definition) is 3. The SMILES string of the molecule is O=c1[nH]c2ccc(Cl)cc2c(=O)n1CCCN1CC=C(c2ccc(Cl)cc2)CC1. The van der Waals surface area contributed by atoms with E-state index in [0.29, 0.717) is 22.5 Å². The highest BCUT2D eigenvalue weighted by Crippen LogP contribution is 2.23. The van der Waals surface area contributed by atoms with E-state index in [1.54, 1.807) is 18.2 Å². The molecule has 0 saturated carbocycles. The average molecular weight is 430 g/mol. The topological polar surface area (TPSA) is 58.1 Å². The Hall–Kier alpha value is -2.34. The summed E-state index contributed by atoms with van der Waals surface area (Å²) >= 11 is 12.0. The van der Waals surface area contributed by atoms with Gasteiger partial charge in [0.05, 0.1) is 10.9 Å². The van der Waals surface area contributed by atoms with Gasteiger partial charge in [-0.3, -0.25) is 14.3 Å². The molecule has 3 aromatic rings. The molecule has 1 aromatic heterocycles. The summed E-state index contributed by atoms with van der Waals surface area (Å²) in [5, 5.41) is 1.66. The predicted octanol–water partition coefficient (Wildman–Crippen LogP) is 4.18. The first-order chi connectivity index (χ1) is 14.0. The second-order valence-corrected chi connectivity index (χ2v) is 8.09. The zero-order valence-corrected chi connectivity index (χ0v) is 17.3. The van der Waals surface area contributed by atoms with Gasteiger partial charge >= 0.3 is 5.69 Å². The summed E-state index contributed by atoms with van der Waals surface area (Å²) in [6.07, 6.45) is 3.93. The van der Waals surface area contributed by atoms with Gasteiger partial charge in [0.2, 0.25) is 0 Å². The number of H-pyrrole nitrogens is 1. The van der Waals surface area contributed by atoms with E-state index in [0.717, 1.165) is 37.5 Å². The summed E-state index contributed by atoms with van der Waals surface area (Å²) in [7, 11) is 0. The lowest BCUT2D eigenvalue weighted by Gasteiger charge is -2.26. The molecule has 0 bridgehead atoms. The van der Waals surface area contributed by atoms with Crippen molar-refractivity contribution in [1.82, 2.24) is 14.5 Å². The molecule has 0 unspecified atom stereocenters. The van der Waals surface area contributed by atoms with Crippen molar-refractivity contribution < 1.29 is 0 Å². The number of hydrogen-bond donors (Lipinski definition) is 1. The van der Waals surface area contributed by atoms with Crippen molar-refractivity contribution in [2.75, 3.05) is 19.6 Å². The molecule has 7 heteroatoms. The number of aromatic amines is 1. The van der Waals surface area contributed by atoms with Crippen LogP contribution in [-0.2, 0) is 6.54 Å². The molecule has 2 heterocycles. The second-order valence-electron chi connectivity index (χ2n) is 7.22. The van der Waals surface area contributed by atoms with Gasteiger partial charge in [-0.15, -0.1) is 0 Å². The van der Waals surface area contributed by atoms with Crippen LogP contribution < -0.4 is 11.2 Å². The Morgan fingerprint density at radius 3 is 2.45 bits per heavy atom. The lowest BCUT2D eigenvalue weighted by Crippen LogP contribution is -2.36. The molecule has 0 radical (unpaired) electrons. The quantitative estimate of drug-likeness (QED) is 0.661. The lowest BCUT2D eigenvalue weighted by atomic mass is 9.99. The maximum absolute atomic E-state index is 12.7. The number of halogens is 2.